The van der Waals surface area contributed by atoms with Crippen LogP contribution in [0.5, 0.6) is 0 Å². The predicted octanol–water partition coefficient (Wildman–Crippen LogP) is 1.39. The van der Waals surface area contributed by atoms with Crippen LogP contribution in [0.3, 0.4) is 0 Å². The third-order valence-corrected chi connectivity index (χ3v) is 3.68. The maximum Gasteiger partial charge on any atom is 0.326 e. The molecule has 2 atom stereocenters. The smallest absolute Gasteiger partial charge is 0.326 e. The number of carbonyl (C=O) groups is 4. The zero-order valence-corrected chi connectivity index (χ0v) is 15.2. The summed E-state index contributed by atoms with van der Waals surface area (Å²) in [5.74, 6) is -3.44. The third kappa shape index (κ3) is 11.1. The van der Waals surface area contributed by atoms with Gasteiger partial charge < -0.3 is 20.8 Å². The number of hydrogen-bond acceptors (Lipinski definition) is 4. The first-order valence-corrected chi connectivity index (χ1v) is 8.69. The molecular weight excluding hydrogens is 328 g/mol. The van der Waals surface area contributed by atoms with Crippen LogP contribution in [0.1, 0.15) is 59.3 Å². The molecule has 0 heterocycles. The normalized spacial score (nSPS) is 13.1. The minimum Gasteiger partial charge on any atom is -0.481 e. The quantitative estimate of drug-likeness (QED) is 0.393. The zero-order chi connectivity index (χ0) is 19.4. The van der Waals surface area contributed by atoms with Gasteiger partial charge in [0.2, 0.25) is 11.8 Å². The number of rotatable bonds is 13. The second kappa shape index (κ2) is 12.3. The molecule has 8 nitrogen and oxygen atoms in total. The largest absolute Gasteiger partial charge is 0.481 e. The minimum atomic E-state index is -1.08. The molecule has 0 aliphatic heterocycles. The molecule has 0 aliphatic carbocycles. The molecule has 0 fully saturated rings. The predicted molar refractivity (Wildman–Crippen MR) is 91.9 cm³/mol. The Kier molecular flexibility index (Phi) is 11.2. The molecule has 0 saturated carbocycles. The Morgan fingerprint density at radius 1 is 1.08 bits per heavy atom. The first-order chi connectivity index (χ1) is 11.7. The number of hydrogen-bond donors (Lipinski definition) is 4. The van der Waals surface area contributed by atoms with E-state index >= 15 is 0 Å². The third-order valence-electron chi connectivity index (χ3n) is 3.68. The van der Waals surface area contributed by atoms with Crippen molar-refractivity contribution in [1.29, 1.82) is 0 Å². The molecule has 0 aromatic heterocycles. The lowest BCUT2D eigenvalue weighted by Gasteiger charge is -2.17. The number of carboxylic acid groups (broad SMARTS) is 2. The summed E-state index contributed by atoms with van der Waals surface area (Å²) in [6, 6.07) is -0.927. The summed E-state index contributed by atoms with van der Waals surface area (Å²) in [5, 5.41) is 22.9. The zero-order valence-electron chi connectivity index (χ0n) is 15.2. The van der Waals surface area contributed by atoms with Gasteiger partial charge >= 0.3 is 11.9 Å². The first-order valence-electron chi connectivity index (χ1n) is 8.69. The van der Waals surface area contributed by atoms with Crippen LogP contribution < -0.4 is 10.6 Å². The molecule has 0 aromatic rings. The summed E-state index contributed by atoms with van der Waals surface area (Å²) in [6.45, 7) is 5.77. The summed E-state index contributed by atoms with van der Waals surface area (Å²) in [4.78, 5) is 45.8. The van der Waals surface area contributed by atoms with Gasteiger partial charge in [-0.1, -0.05) is 33.6 Å². The van der Waals surface area contributed by atoms with E-state index in [1.807, 2.05) is 20.8 Å². The van der Waals surface area contributed by atoms with E-state index < -0.39 is 35.7 Å². The maximum absolute atomic E-state index is 12.1. The standard InChI is InChI=1S/C17H30N2O6/c1-4-5-6-13(17(24)25)19-14(20)7-8-18-16(23)12(9-11(2)3)10-15(21)22/h11-13H,4-10H2,1-3H3,(H,18,23)(H,19,20)(H,21,22)(H,24,25)/t12?,13-/m0/s1. The fourth-order valence-electron chi connectivity index (χ4n) is 2.44. The van der Waals surface area contributed by atoms with Gasteiger partial charge in [-0.15, -0.1) is 0 Å². The lowest BCUT2D eigenvalue weighted by molar-refractivity contribution is -0.142. The van der Waals surface area contributed by atoms with E-state index in [2.05, 4.69) is 10.6 Å². The van der Waals surface area contributed by atoms with E-state index in [-0.39, 0.29) is 25.3 Å². The highest BCUT2D eigenvalue weighted by molar-refractivity contribution is 5.85. The van der Waals surface area contributed by atoms with E-state index in [1.165, 1.54) is 0 Å². The van der Waals surface area contributed by atoms with Crippen molar-refractivity contribution in [2.75, 3.05) is 6.54 Å². The van der Waals surface area contributed by atoms with Gasteiger partial charge in [-0.3, -0.25) is 14.4 Å². The molecular formula is C17H30N2O6. The molecule has 144 valence electrons. The Hall–Kier alpha value is -2.12. The second-order valence-corrected chi connectivity index (χ2v) is 6.57. The summed E-state index contributed by atoms with van der Waals surface area (Å²) in [6.07, 6.45) is 2.02. The average Bonchev–Trinajstić information content (AvgIpc) is 2.49. The van der Waals surface area contributed by atoms with Crippen LogP contribution in [-0.4, -0.2) is 46.6 Å². The van der Waals surface area contributed by atoms with Crippen LogP contribution in [0, 0.1) is 11.8 Å². The molecule has 2 amide bonds. The van der Waals surface area contributed by atoms with E-state index in [4.69, 9.17) is 10.2 Å². The molecule has 25 heavy (non-hydrogen) atoms. The molecule has 0 rings (SSSR count). The SMILES string of the molecule is CCCC[C@H](NC(=O)CCNC(=O)C(CC(=O)O)CC(C)C)C(=O)O. The highest BCUT2D eigenvalue weighted by Crippen LogP contribution is 2.15. The lowest BCUT2D eigenvalue weighted by Crippen LogP contribution is -2.42. The Balaban J connectivity index is 4.36. The number of unbranched alkanes of at least 4 members (excludes halogenated alkanes) is 1. The molecule has 0 spiro atoms. The monoisotopic (exact) mass is 358 g/mol. The van der Waals surface area contributed by atoms with E-state index in [0.717, 1.165) is 6.42 Å². The number of amides is 2. The highest BCUT2D eigenvalue weighted by Gasteiger charge is 2.23. The van der Waals surface area contributed by atoms with Crippen molar-refractivity contribution in [3.05, 3.63) is 0 Å². The number of nitrogens with one attached hydrogen (secondary N) is 2. The summed E-state index contributed by atoms with van der Waals surface area (Å²) < 4.78 is 0. The van der Waals surface area contributed by atoms with Crippen molar-refractivity contribution in [3.63, 3.8) is 0 Å². The Morgan fingerprint density at radius 3 is 2.20 bits per heavy atom. The van der Waals surface area contributed by atoms with Crippen LogP contribution in [0.25, 0.3) is 0 Å². The Morgan fingerprint density at radius 2 is 1.72 bits per heavy atom. The lowest BCUT2D eigenvalue weighted by atomic mass is 9.93. The Labute approximate surface area is 148 Å². The highest BCUT2D eigenvalue weighted by atomic mass is 16.4. The van der Waals surface area contributed by atoms with Crippen molar-refractivity contribution in [3.8, 4) is 0 Å². The van der Waals surface area contributed by atoms with E-state index in [1.54, 1.807) is 0 Å². The van der Waals surface area contributed by atoms with Gasteiger partial charge in [0.15, 0.2) is 0 Å². The van der Waals surface area contributed by atoms with Gasteiger partial charge in [0.25, 0.3) is 0 Å². The second-order valence-electron chi connectivity index (χ2n) is 6.57. The van der Waals surface area contributed by atoms with Gasteiger partial charge in [0, 0.05) is 18.9 Å². The van der Waals surface area contributed by atoms with Crippen LogP contribution in [0.4, 0.5) is 0 Å². The molecule has 0 radical (unpaired) electrons. The molecule has 0 aromatic carbocycles. The molecule has 8 heteroatoms. The van der Waals surface area contributed by atoms with E-state index in [9.17, 15) is 19.2 Å². The summed E-state index contributed by atoms with van der Waals surface area (Å²) in [5.41, 5.74) is 0. The molecule has 4 N–H and O–H groups in total. The number of aliphatic carboxylic acids is 2. The van der Waals surface area contributed by atoms with Gasteiger partial charge in [0.05, 0.1) is 6.42 Å². The molecule has 0 saturated heterocycles. The van der Waals surface area contributed by atoms with Crippen molar-refractivity contribution in [1.82, 2.24) is 10.6 Å². The van der Waals surface area contributed by atoms with Crippen LogP contribution in [0.15, 0.2) is 0 Å². The fourth-order valence-corrected chi connectivity index (χ4v) is 2.44. The van der Waals surface area contributed by atoms with Crippen molar-refractivity contribution >= 4 is 23.8 Å². The van der Waals surface area contributed by atoms with Gasteiger partial charge in [0.1, 0.15) is 6.04 Å². The fraction of sp³-hybridized carbons (Fsp3) is 0.765. The molecule has 0 aliphatic rings. The average molecular weight is 358 g/mol. The Bertz CT molecular complexity index is 464. The number of carbonyl (C=O) groups excluding carboxylic acids is 2. The van der Waals surface area contributed by atoms with Gasteiger partial charge in [-0.05, 0) is 18.8 Å². The molecule has 0 bridgehead atoms. The van der Waals surface area contributed by atoms with Crippen LogP contribution in [-0.2, 0) is 19.2 Å². The molecule has 1 unspecified atom stereocenters. The maximum atomic E-state index is 12.1. The van der Waals surface area contributed by atoms with Crippen molar-refractivity contribution < 1.29 is 29.4 Å². The van der Waals surface area contributed by atoms with Gasteiger partial charge in [-0.2, -0.15) is 0 Å². The summed E-state index contributed by atoms with van der Waals surface area (Å²) in [7, 11) is 0. The van der Waals surface area contributed by atoms with Crippen LogP contribution in [0.2, 0.25) is 0 Å². The topological polar surface area (TPSA) is 133 Å². The number of carboxylic acids is 2. The summed E-state index contributed by atoms with van der Waals surface area (Å²) >= 11 is 0. The van der Waals surface area contributed by atoms with Crippen LogP contribution >= 0.6 is 0 Å². The van der Waals surface area contributed by atoms with E-state index in [0.29, 0.717) is 19.3 Å². The van der Waals surface area contributed by atoms with Crippen molar-refractivity contribution in [2.45, 2.75) is 65.3 Å². The van der Waals surface area contributed by atoms with Gasteiger partial charge in [-0.25, -0.2) is 4.79 Å². The minimum absolute atomic E-state index is 0.0407. The first kappa shape index (κ1) is 22.9. The van der Waals surface area contributed by atoms with Crippen molar-refractivity contribution in [2.24, 2.45) is 11.8 Å².